The zero-order valence-corrected chi connectivity index (χ0v) is 16.1. The third-order valence-corrected chi connectivity index (χ3v) is 5.32. The molecule has 0 aromatic carbocycles. The number of hydrogen-bond donors (Lipinski definition) is 1. The maximum atomic E-state index is 3.58. The number of nitrogens with one attached hydrogen (secondary N) is 1. The molecule has 1 atom stereocenters. The molecule has 0 aliphatic carbocycles. The smallest absolute Gasteiger partial charge is 0.0443 e. The lowest BCUT2D eigenvalue weighted by Gasteiger charge is -2.34. The maximum Gasteiger partial charge on any atom is 0.0443 e. The quantitative estimate of drug-likeness (QED) is 0.763. The van der Waals surface area contributed by atoms with Crippen molar-refractivity contribution in [1.29, 1.82) is 0 Å². The molecule has 1 aliphatic heterocycles. The molecular weight excluding hydrogens is 379 g/mol. The average molecular weight is 404 g/mol. The Morgan fingerprint density at radius 1 is 1.25 bits per heavy atom. The fraction of sp³-hybridized carbons (Fsp3) is 0.714. The second-order valence-corrected chi connectivity index (χ2v) is 7.30. The molecule has 1 saturated heterocycles. The Balaban J connectivity index is 0.00000180. The van der Waals surface area contributed by atoms with Gasteiger partial charge in [-0.2, -0.15) is 0 Å². The lowest BCUT2D eigenvalue weighted by Crippen LogP contribution is -2.45. The minimum absolute atomic E-state index is 0. The predicted octanol–water partition coefficient (Wildman–Crippen LogP) is 4.74. The number of nitrogens with zero attached hydrogens (tertiary/aromatic N) is 1. The summed E-state index contributed by atoms with van der Waals surface area (Å²) in [5.74, 6) is 0.791. The van der Waals surface area contributed by atoms with Gasteiger partial charge < -0.3 is 5.32 Å². The van der Waals surface area contributed by atoms with Crippen LogP contribution in [-0.4, -0.2) is 31.1 Å². The van der Waals surface area contributed by atoms with Gasteiger partial charge in [-0.05, 0) is 40.8 Å². The van der Waals surface area contributed by atoms with E-state index in [0.29, 0.717) is 6.04 Å². The first-order chi connectivity index (χ1) is 8.66. The number of halogens is 3. The van der Waals surface area contributed by atoms with Crippen LogP contribution >= 0.6 is 52.1 Å². The van der Waals surface area contributed by atoms with Gasteiger partial charge in [0, 0.05) is 47.0 Å². The zero-order valence-electron chi connectivity index (χ0n) is 12.1. The first-order valence-electron chi connectivity index (χ1n) is 6.85. The molecule has 1 fully saturated rings. The summed E-state index contributed by atoms with van der Waals surface area (Å²) in [6, 6.07) is 2.92. The van der Waals surface area contributed by atoms with E-state index in [4.69, 9.17) is 0 Å². The van der Waals surface area contributed by atoms with E-state index in [-0.39, 0.29) is 24.8 Å². The summed E-state index contributed by atoms with van der Waals surface area (Å²) in [7, 11) is 0. The molecule has 0 bridgehead atoms. The van der Waals surface area contributed by atoms with E-state index >= 15 is 0 Å². The Labute approximate surface area is 147 Å². The van der Waals surface area contributed by atoms with Crippen LogP contribution in [0.25, 0.3) is 0 Å². The molecule has 1 aromatic rings. The van der Waals surface area contributed by atoms with Gasteiger partial charge in [-0.15, -0.1) is 36.2 Å². The van der Waals surface area contributed by atoms with Crippen molar-refractivity contribution < 1.29 is 0 Å². The van der Waals surface area contributed by atoms with Crippen molar-refractivity contribution in [3.05, 3.63) is 20.8 Å². The monoisotopic (exact) mass is 402 g/mol. The summed E-state index contributed by atoms with van der Waals surface area (Å²) in [5.41, 5.74) is 0. The van der Waals surface area contributed by atoms with Crippen LogP contribution in [0.3, 0.4) is 0 Å². The number of thiophene rings is 1. The molecule has 2 rings (SSSR count). The van der Waals surface area contributed by atoms with E-state index in [2.05, 4.69) is 51.4 Å². The highest BCUT2D eigenvalue weighted by Crippen LogP contribution is 2.33. The Hall–Kier alpha value is 0.680. The van der Waals surface area contributed by atoms with Gasteiger partial charge in [0.2, 0.25) is 0 Å². The van der Waals surface area contributed by atoms with E-state index in [1.807, 2.05) is 11.3 Å². The number of hydrogen-bond acceptors (Lipinski definition) is 3. The highest BCUT2D eigenvalue weighted by molar-refractivity contribution is 9.10. The summed E-state index contributed by atoms with van der Waals surface area (Å²) in [4.78, 5) is 4.17. The Kier molecular flexibility index (Phi) is 10.8. The summed E-state index contributed by atoms with van der Waals surface area (Å²) in [6.07, 6.45) is 2.59. The number of rotatable bonds is 5. The van der Waals surface area contributed by atoms with Gasteiger partial charge in [-0.1, -0.05) is 13.8 Å². The molecule has 0 saturated carbocycles. The lowest BCUT2D eigenvalue weighted by molar-refractivity contribution is 0.162. The average Bonchev–Trinajstić information content (AvgIpc) is 2.77. The van der Waals surface area contributed by atoms with Crippen LogP contribution in [0.15, 0.2) is 15.9 Å². The van der Waals surface area contributed by atoms with Crippen LogP contribution in [0, 0.1) is 5.92 Å². The second kappa shape index (κ2) is 10.4. The highest BCUT2D eigenvalue weighted by atomic mass is 79.9. The molecule has 1 N–H and O–H groups in total. The van der Waals surface area contributed by atoms with Gasteiger partial charge in [0.1, 0.15) is 0 Å². The van der Waals surface area contributed by atoms with Gasteiger partial charge in [0.15, 0.2) is 0 Å². The molecule has 0 spiro atoms. The van der Waals surface area contributed by atoms with Crippen molar-refractivity contribution >= 4 is 52.1 Å². The van der Waals surface area contributed by atoms with E-state index in [0.717, 1.165) is 19.0 Å². The molecule has 0 radical (unpaired) electrons. The minimum atomic E-state index is 0. The van der Waals surface area contributed by atoms with Gasteiger partial charge >= 0.3 is 0 Å². The highest BCUT2D eigenvalue weighted by Gasteiger charge is 2.23. The summed E-state index contributed by atoms with van der Waals surface area (Å²) in [5, 5.41) is 5.65. The van der Waals surface area contributed by atoms with Crippen LogP contribution in [0.2, 0.25) is 0 Å². The SMILES string of the molecule is CC(C)CC[C@@H](c1cc(Br)cs1)N1CCNCC1.Cl.Cl. The Morgan fingerprint density at radius 2 is 1.90 bits per heavy atom. The molecule has 0 unspecified atom stereocenters. The fourth-order valence-corrected chi connectivity index (χ4v) is 4.11. The fourth-order valence-electron chi connectivity index (χ4n) is 2.49. The third-order valence-electron chi connectivity index (χ3n) is 3.53. The molecule has 118 valence electrons. The van der Waals surface area contributed by atoms with E-state index in [1.165, 1.54) is 35.3 Å². The van der Waals surface area contributed by atoms with Gasteiger partial charge in [0.25, 0.3) is 0 Å². The van der Waals surface area contributed by atoms with Crippen molar-refractivity contribution in [2.75, 3.05) is 26.2 Å². The van der Waals surface area contributed by atoms with Crippen LogP contribution in [0.4, 0.5) is 0 Å². The molecule has 6 heteroatoms. The second-order valence-electron chi connectivity index (χ2n) is 5.44. The van der Waals surface area contributed by atoms with Gasteiger partial charge in [-0.3, -0.25) is 4.90 Å². The lowest BCUT2D eigenvalue weighted by atomic mass is 10.0. The Bertz CT molecular complexity index is 368. The van der Waals surface area contributed by atoms with Crippen LogP contribution in [-0.2, 0) is 0 Å². The van der Waals surface area contributed by atoms with E-state index in [9.17, 15) is 0 Å². The molecule has 2 nitrogen and oxygen atoms in total. The molecule has 1 aliphatic rings. The molecule has 0 amide bonds. The van der Waals surface area contributed by atoms with E-state index < -0.39 is 0 Å². The van der Waals surface area contributed by atoms with Crippen LogP contribution in [0.1, 0.15) is 37.6 Å². The van der Waals surface area contributed by atoms with Crippen molar-refractivity contribution in [2.24, 2.45) is 5.92 Å². The third kappa shape index (κ3) is 6.20. The standard InChI is InChI=1S/C14H23BrN2S.2ClH/c1-11(2)3-4-13(14-9-12(15)10-18-14)17-7-5-16-6-8-17;;/h9-11,13,16H,3-8H2,1-2H3;2*1H/t13-;;/m0../s1. The summed E-state index contributed by atoms with van der Waals surface area (Å²) >= 11 is 5.48. The largest absolute Gasteiger partial charge is 0.314 e. The number of piperazine rings is 1. The summed E-state index contributed by atoms with van der Waals surface area (Å²) in [6.45, 7) is 9.25. The first kappa shape index (κ1) is 20.7. The Morgan fingerprint density at radius 3 is 2.40 bits per heavy atom. The van der Waals surface area contributed by atoms with Crippen molar-refractivity contribution in [3.8, 4) is 0 Å². The molecular formula is C14H25BrCl2N2S. The first-order valence-corrected chi connectivity index (χ1v) is 8.53. The van der Waals surface area contributed by atoms with Crippen LogP contribution in [0.5, 0.6) is 0 Å². The summed E-state index contributed by atoms with van der Waals surface area (Å²) < 4.78 is 1.23. The van der Waals surface area contributed by atoms with E-state index in [1.54, 1.807) is 0 Å². The minimum Gasteiger partial charge on any atom is -0.314 e. The molecule has 1 aromatic heterocycles. The molecule has 20 heavy (non-hydrogen) atoms. The predicted molar refractivity (Wildman–Crippen MR) is 97.8 cm³/mol. The van der Waals surface area contributed by atoms with Crippen molar-refractivity contribution in [3.63, 3.8) is 0 Å². The maximum absolute atomic E-state index is 3.58. The van der Waals surface area contributed by atoms with Gasteiger partial charge in [0.05, 0.1) is 0 Å². The topological polar surface area (TPSA) is 15.3 Å². The van der Waals surface area contributed by atoms with Crippen LogP contribution < -0.4 is 5.32 Å². The van der Waals surface area contributed by atoms with Crippen molar-refractivity contribution in [1.82, 2.24) is 10.2 Å². The zero-order chi connectivity index (χ0) is 13.0. The molecule has 2 heterocycles. The normalized spacial score (nSPS) is 17.4. The van der Waals surface area contributed by atoms with Crippen molar-refractivity contribution in [2.45, 2.75) is 32.7 Å². The van der Waals surface area contributed by atoms with Gasteiger partial charge in [-0.25, -0.2) is 0 Å².